The largest absolute Gasteiger partial charge is 0.368 e. The first-order valence-corrected chi connectivity index (χ1v) is 11.5. The third kappa shape index (κ3) is 4.42. The molecule has 5 rings (SSSR count). The van der Waals surface area contributed by atoms with Crippen molar-refractivity contribution in [1.82, 2.24) is 24.8 Å². The number of nitrogens with zero attached hydrogens (tertiary/aromatic N) is 5. The number of rotatable bonds is 4. The molecule has 1 atom stereocenters. The molecule has 1 unspecified atom stereocenters. The maximum atomic E-state index is 12.6. The van der Waals surface area contributed by atoms with Gasteiger partial charge in [0.15, 0.2) is 0 Å². The van der Waals surface area contributed by atoms with Crippen LogP contribution in [0, 0.1) is 5.41 Å². The highest BCUT2D eigenvalue weighted by molar-refractivity contribution is 5.94. The number of hydrogen-bond donors (Lipinski definition) is 0. The van der Waals surface area contributed by atoms with E-state index in [1.54, 1.807) is 6.20 Å². The normalized spacial score (nSPS) is 19.6. The first kappa shape index (κ1) is 21.8. The van der Waals surface area contributed by atoms with Gasteiger partial charge in [0.1, 0.15) is 6.10 Å². The van der Waals surface area contributed by atoms with Crippen molar-refractivity contribution < 1.29 is 18.8 Å². The van der Waals surface area contributed by atoms with E-state index in [2.05, 4.69) is 36.0 Å². The molecule has 4 heterocycles. The zero-order chi connectivity index (χ0) is 23.2. The average molecular weight is 452 g/mol. The minimum atomic E-state index is -0.422. The molecule has 0 aliphatic carbocycles. The molecule has 3 aromatic rings. The SMILES string of the molecule is CC(C)(C)CC(=O)N1CCC(c2nc(-c3ccc4cnn(C(=O)C5CCO5)c4c3)no2)CC1. The van der Waals surface area contributed by atoms with Gasteiger partial charge in [0.2, 0.25) is 17.6 Å². The number of piperidine rings is 1. The van der Waals surface area contributed by atoms with Gasteiger partial charge in [0, 0.05) is 42.8 Å². The molecule has 174 valence electrons. The zero-order valence-electron chi connectivity index (χ0n) is 19.3. The molecule has 2 fully saturated rings. The predicted octanol–water partition coefficient (Wildman–Crippen LogP) is 3.66. The Morgan fingerprint density at radius 1 is 1.15 bits per heavy atom. The predicted molar refractivity (Wildman–Crippen MR) is 121 cm³/mol. The number of benzene rings is 1. The van der Waals surface area contributed by atoms with Gasteiger partial charge >= 0.3 is 0 Å². The van der Waals surface area contributed by atoms with Crippen LogP contribution in [-0.2, 0) is 9.53 Å². The first-order chi connectivity index (χ1) is 15.8. The van der Waals surface area contributed by atoms with E-state index in [-0.39, 0.29) is 23.1 Å². The summed E-state index contributed by atoms with van der Waals surface area (Å²) in [5.41, 5.74) is 1.45. The van der Waals surface area contributed by atoms with Crippen LogP contribution in [0.25, 0.3) is 22.3 Å². The van der Waals surface area contributed by atoms with E-state index in [1.807, 2.05) is 23.1 Å². The quantitative estimate of drug-likeness (QED) is 0.596. The van der Waals surface area contributed by atoms with Crippen LogP contribution < -0.4 is 0 Å². The molecular weight excluding hydrogens is 422 g/mol. The van der Waals surface area contributed by atoms with Crippen molar-refractivity contribution in [2.75, 3.05) is 19.7 Å². The molecule has 0 bridgehead atoms. The van der Waals surface area contributed by atoms with Crippen LogP contribution in [0.4, 0.5) is 0 Å². The fourth-order valence-electron chi connectivity index (χ4n) is 4.36. The molecular formula is C24H29N5O4. The molecule has 2 saturated heterocycles. The molecule has 9 heteroatoms. The third-order valence-corrected chi connectivity index (χ3v) is 6.33. The highest BCUT2D eigenvalue weighted by atomic mass is 16.5. The number of carbonyl (C=O) groups excluding carboxylic acids is 2. The summed E-state index contributed by atoms with van der Waals surface area (Å²) in [4.78, 5) is 31.7. The molecule has 2 aliphatic heterocycles. The first-order valence-electron chi connectivity index (χ1n) is 11.5. The van der Waals surface area contributed by atoms with Crippen molar-refractivity contribution in [3.8, 4) is 11.4 Å². The summed E-state index contributed by atoms with van der Waals surface area (Å²) in [5, 5.41) is 9.30. The highest BCUT2D eigenvalue weighted by Crippen LogP contribution is 2.31. The Morgan fingerprint density at radius 3 is 2.58 bits per heavy atom. The lowest BCUT2D eigenvalue weighted by Crippen LogP contribution is -2.39. The van der Waals surface area contributed by atoms with E-state index in [4.69, 9.17) is 9.26 Å². The lowest BCUT2D eigenvalue weighted by molar-refractivity contribution is -0.134. The molecule has 0 saturated carbocycles. The molecule has 2 aromatic heterocycles. The van der Waals surface area contributed by atoms with Crippen LogP contribution in [-0.4, -0.2) is 62.4 Å². The van der Waals surface area contributed by atoms with Gasteiger partial charge in [-0.2, -0.15) is 14.8 Å². The Kier molecular flexibility index (Phi) is 5.52. The van der Waals surface area contributed by atoms with Crippen molar-refractivity contribution in [3.05, 3.63) is 30.3 Å². The van der Waals surface area contributed by atoms with Crippen LogP contribution in [0.3, 0.4) is 0 Å². The zero-order valence-corrected chi connectivity index (χ0v) is 19.3. The van der Waals surface area contributed by atoms with Crippen LogP contribution in [0.5, 0.6) is 0 Å². The maximum absolute atomic E-state index is 12.6. The number of amides is 1. The van der Waals surface area contributed by atoms with Crippen LogP contribution in [0.15, 0.2) is 28.9 Å². The molecule has 0 N–H and O–H groups in total. The summed E-state index contributed by atoms with van der Waals surface area (Å²) in [6.45, 7) is 8.26. The summed E-state index contributed by atoms with van der Waals surface area (Å²) in [7, 11) is 0. The summed E-state index contributed by atoms with van der Waals surface area (Å²) in [5.74, 6) is 1.27. The van der Waals surface area contributed by atoms with E-state index in [1.165, 1.54) is 4.68 Å². The van der Waals surface area contributed by atoms with Crippen LogP contribution in [0.2, 0.25) is 0 Å². The summed E-state index contributed by atoms with van der Waals surface area (Å²) in [6.07, 6.45) is 4.13. The molecule has 0 spiro atoms. The Labute approximate surface area is 192 Å². The van der Waals surface area contributed by atoms with Crippen LogP contribution in [0.1, 0.15) is 63.1 Å². The van der Waals surface area contributed by atoms with Crippen molar-refractivity contribution in [1.29, 1.82) is 0 Å². The molecule has 9 nitrogen and oxygen atoms in total. The van der Waals surface area contributed by atoms with E-state index in [0.717, 1.165) is 23.8 Å². The maximum Gasteiger partial charge on any atom is 0.276 e. The van der Waals surface area contributed by atoms with E-state index < -0.39 is 6.10 Å². The van der Waals surface area contributed by atoms with Crippen molar-refractivity contribution in [2.45, 2.75) is 58.5 Å². The summed E-state index contributed by atoms with van der Waals surface area (Å²) < 4.78 is 12.3. The molecule has 0 radical (unpaired) electrons. The van der Waals surface area contributed by atoms with Gasteiger partial charge in [0.25, 0.3) is 5.91 Å². The van der Waals surface area contributed by atoms with Gasteiger partial charge < -0.3 is 14.2 Å². The molecule has 1 amide bonds. The number of aromatic nitrogens is 4. The Balaban J connectivity index is 1.29. The van der Waals surface area contributed by atoms with Crippen LogP contribution >= 0.6 is 0 Å². The topological polar surface area (TPSA) is 103 Å². The summed E-state index contributed by atoms with van der Waals surface area (Å²) >= 11 is 0. The van der Waals surface area contributed by atoms with Gasteiger partial charge in [-0.25, -0.2) is 0 Å². The number of fused-ring (bicyclic) bond motifs is 1. The molecule has 1 aromatic carbocycles. The number of likely N-dealkylation sites (tertiary alicyclic amines) is 1. The Morgan fingerprint density at radius 2 is 1.91 bits per heavy atom. The third-order valence-electron chi connectivity index (χ3n) is 6.33. The van der Waals surface area contributed by atoms with Gasteiger partial charge in [-0.3, -0.25) is 9.59 Å². The van der Waals surface area contributed by atoms with Gasteiger partial charge in [-0.1, -0.05) is 38.1 Å². The number of carbonyl (C=O) groups is 2. The number of hydrogen-bond acceptors (Lipinski definition) is 7. The minimum Gasteiger partial charge on any atom is -0.368 e. The van der Waals surface area contributed by atoms with Crippen molar-refractivity contribution in [2.24, 2.45) is 5.41 Å². The highest BCUT2D eigenvalue weighted by Gasteiger charge is 2.30. The Bertz CT molecular complexity index is 1180. The fraction of sp³-hybridized carbons (Fsp3) is 0.542. The second kappa shape index (κ2) is 8.37. The standard InChI is InChI=1S/C24H29N5O4/c1-24(2,3)13-20(30)28-9-6-15(7-10-28)22-26-21(27-33-22)16-4-5-17-14-25-29(18(17)12-16)23(31)19-8-11-32-19/h4-5,12,14-15,19H,6-11,13H2,1-3H3. The van der Waals surface area contributed by atoms with E-state index in [9.17, 15) is 9.59 Å². The fourth-order valence-corrected chi connectivity index (χ4v) is 4.36. The van der Waals surface area contributed by atoms with Gasteiger partial charge in [-0.15, -0.1) is 0 Å². The smallest absolute Gasteiger partial charge is 0.276 e. The molecule has 2 aliphatic rings. The molecule has 33 heavy (non-hydrogen) atoms. The minimum absolute atomic E-state index is 0.0126. The van der Waals surface area contributed by atoms with Gasteiger partial charge in [-0.05, 0) is 24.3 Å². The lowest BCUT2D eigenvalue weighted by Gasteiger charge is -2.32. The van der Waals surface area contributed by atoms with E-state index in [0.29, 0.717) is 49.8 Å². The van der Waals surface area contributed by atoms with Gasteiger partial charge in [0.05, 0.1) is 18.3 Å². The second-order valence-electron chi connectivity index (χ2n) is 10.2. The van der Waals surface area contributed by atoms with Crippen molar-refractivity contribution >= 4 is 22.7 Å². The average Bonchev–Trinajstić information content (AvgIpc) is 3.38. The summed E-state index contributed by atoms with van der Waals surface area (Å²) in [6, 6.07) is 5.67. The second-order valence-corrected chi connectivity index (χ2v) is 10.2. The Hall–Kier alpha value is -3.07. The van der Waals surface area contributed by atoms with E-state index >= 15 is 0 Å². The number of ether oxygens (including phenoxy) is 1. The lowest BCUT2D eigenvalue weighted by atomic mass is 9.90. The van der Waals surface area contributed by atoms with Crippen molar-refractivity contribution in [3.63, 3.8) is 0 Å². The monoisotopic (exact) mass is 451 g/mol.